The fourth-order valence-electron chi connectivity index (χ4n) is 5.39. The predicted molar refractivity (Wildman–Crippen MR) is 163 cm³/mol. The van der Waals surface area contributed by atoms with Crippen LogP contribution in [0.4, 0.5) is 5.69 Å². The normalized spacial score (nSPS) is 20.0. The second-order valence-electron chi connectivity index (χ2n) is 11.0. The smallest absolute Gasteiger partial charge is 0.316 e. The lowest BCUT2D eigenvalue weighted by Gasteiger charge is -2.37. The van der Waals surface area contributed by atoms with Crippen molar-refractivity contribution in [3.8, 4) is 11.4 Å². The first-order valence-corrected chi connectivity index (χ1v) is 16.2. The molecule has 5 rings (SSSR count). The van der Waals surface area contributed by atoms with Crippen LogP contribution in [0.2, 0.25) is 5.02 Å². The van der Waals surface area contributed by atoms with E-state index in [0.29, 0.717) is 61.0 Å². The van der Waals surface area contributed by atoms with Gasteiger partial charge in [0.25, 0.3) is 5.91 Å². The number of hydrogen-bond acceptors (Lipinski definition) is 7. The van der Waals surface area contributed by atoms with Crippen molar-refractivity contribution in [2.45, 2.75) is 56.9 Å². The molecule has 0 bridgehead atoms. The zero-order valence-corrected chi connectivity index (χ0v) is 25.4. The molecule has 2 fully saturated rings. The number of amides is 1. The van der Waals surface area contributed by atoms with Crippen LogP contribution in [0.15, 0.2) is 65.6 Å². The van der Waals surface area contributed by atoms with Crippen molar-refractivity contribution in [2.24, 2.45) is 0 Å². The van der Waals surface area contributed by atoms with Crippen LogP contribution < -0.4 is 20.5 Å². The summed E-state index contributed by atoms with van der Waals surface area (Å²) in [5, 5.41) is 7.52. The molecule has 42 heavy (non-hydrogen) atoms. The monoisotopic (exact) mass is 613 g/mol. The molecule has 10 nitrogen and oxygen atoms in total. The van der Waals surface area contributed by atoms with E-state index < -0.39 is 20.8 Å². The van der Waals surface area contributed by atoms with Gasteiger partial charge in [0, 0.05) is 42.8 Å². The molecular formula is C30H36ClN5O5S. The molecule has 1 aliphatic heterocycles. The minimum Gasteiger partial charge on any atom is -0.483 e. The molecule has 1 aliphatic carbocycles. The first-order chi connectivity index (χ1) is 20.1. The Balaban J connectivity index is 1.34. The molecule has 1 amide bonds. The third kappa shape index (κ3) is 6.63. The number of ether oxygens (including phenoxy) is 1. The zero-order chi connectivity index (χ0) is 29.9. The topological polar surface area (TPSA) is 114 Å². The van der Waals surface area contributed by atoms with Crippen LogP contribution in [0, 0.1) is 0 Å². The van der Waals surface area contributed by atoms with Crippen LogP contribution in [0.25, 0.3) is 5.69 Å². The van der Waals surface area contributed by atoms with Crippen LogP contribution in [-0.2, 0) is 10.0 Å². The fraction of sp³-hybridized carbons (Fsp3) is 0.433. The SMILES string of the molecule is CC(C)S(=O)(=O)N1CCN(c2cnn(-c3cccc(Cl)c3)c(=O)c2OC2CCC(NC(=O)c3ccccc3)CC2)CC1. The Bertz CT molecular complexity index is 1560. The molecule has 0 radical (unpaired) electrons. The van der Waals surface area contributed by atoms with Gasteiger partial charge in [-0.15, -0.1) is 0 Å². The molecule has 2 heterocycles. The molecule has 0 spiro atoms. The van der Waals surface area contributed by atoms with Gasteiger partial charge in [-0.25, -0.2) is 8.42 Å². The highest BCUT2D eigenvalue weighted by Crippen LogP contribution is 2.30. The second kappa shape index (κ2) is 12.8. The largest absolute Gasteiger partial charge is 0.483 e. The highest BCUT2D eigenvalue weighted by Gasteiger charge is 2.32. The minimum atomic E-state index is -3.37. The summed E-state index contributed by atoms with van der Waals surface area (Å²) < 4.78 is 34.6. The number of carbonyl (C=O) groups is 1. The lowest BCUT2D eigenvalue weighted by molar-refractivity contribution is 0.0892. The van der Waals surface area contributed by atoms with Crippen LogP contribution in [0.5, 0.6) is 5.75 Å². The number of rotatable bonds is 8. The van der Waals surface area contributed by atoms with Crippen molar-refractivity contribution in [2.75, 3.05) is 31.1 Å². The molecule has 224 valence electrons. The number of benzene rings is 2. The van der Waals surface area contributed by atoms with Gasteiger partial charge in [0.1, 0.15) is 5.69 Å². The van der Waals surface area contributed by atoms with Gasteiger partial charge >= 0.3 is 5.56 Å². The lowest BCUT2D eigenvalue weighted by Crippen LogP contribution is -2.51. The van der Waals surface area contributed by atoms with Crippen molar-refractivity contribution in [3.63, 3.8) is 0 Å². The van der Waals surface area contributed by atoms with E-state index in [2.05, 4.69) is 10.4 Å². The van der Waals surface area contributed by atoms with E-state index in [0.717, 1.165) is 12.8 Å². The van der Waals surface area contributed by atoms with Gasteiger partial charge in [0.05, 0.1) is 23.2 Å². The second-order valence-corrected chi connectivity index (χ2v) is 13.9. The number of aromatic nitrogens is 2. The van der Waals surface area contributed by atoms with E-state index in [-0.39, 0.29) is 23.8 Å². The minimum absolute atomic E-state index is 0.0218. The molecule has 0 unspecified atom stereocenters. The maximum atomic E-state index is 13.8. The Labute approximate surface area is 251 Å². The molecule has 3 aromatic rings. The molecule has 1 saturated heterocycles. The summed E-state index contributed by atoms with van der Waals surface area (Å²) in [6, 6.07) is 16.0. The predicted octanol–water partition coefficient (Wildman–Crippen LogP) is 3.87. The molecule has 2 aromatic carbocycles. The van der Waals surface area contributed by atoms with Crippen molar-refractivity contribution < 1.29 is 17.9 Å². The number of anilines is 1. The van der Waals surface area contributed by atoms with Crippen molar-refractivity contribution >= 4 is 33.2 Å². The van der Waals surface area contributed by atoms with Gasteiger partial charge < -0.3 is 15.0 Å². The summed E-state index contributed by atoms with van der Waals surface area (Å²) >= 11 is 6.19. The summed E-state index contributed by atoms with van der Waals surface area (Å²) in [4.78, 5) is 28.4. The molecule has 1 N–H and O–H groups in total. The maximum absolute atomic E-state index is 13.8. The van der Waals surface area contributed by atoms with Gasteiger partial charge in [0.15, 0.2) is 0 Å². The number of hydrogen-bond donors (Lipinski definition) is 1. The number of nitrogens with one attached hydrogen (secondary N) is 1. The third-order valence-corrected chi connectivity index (χ3v) is 10.3. The maximum Gasteiger partial charge on any atom is 0.316 e. The molecule has 1 aromatic heterocycles. The van der Waals surface area contributed by atoms with Crippen molar-refractivity contribution in [1.82, 2.24) is 19.4 Å². The molecule has 1 saturated carbocycles. The van der Waals surface area contributed by atoms with Gasteiger partial charge in [0.2, 0.25) is 15.8 Å². The summed E-state index contributed by atoms with van der Waals surface area (Å²) in [6.45, 7) is 4.78. The Hall–Kier alpha value is -3.41. The van der Waals surface area contributed by atoms with E-state index in [1.165, 1.54) is 8.99 Å². The molecule has 12 heteroatoms. The zero-order valence-electron chi connectivity index (χ0n) is 23.8. The highest BCUT2D eigenvalue weighted by atomic mass is 35.5. The quantitative estimate of drug-likeness (QED) is 0.410. The van der Waals surface area contributed by atoms with E-state index in [1.807, 2.05) is 23.1 Å². The summed E-state index contributed by atoms with van der Waals surface area (Å²) in [5.74, 6) is 0.0846. The average Bonchev–Trinajstić information content (AvgIpc) is 2.99. The first-order valence-electron chi connectivity index (χ1n) is 14.3. The Morgan fingerprint density at radius 1 is 1.00 bits per heavy atom. The number of piperazine rings is 1. The molecule has 2 aliphatic rings. The Morgan fingerprint density at radius 3 is 2.33 bits per heavy atom. The van der Waals surface area contributed by atoms with Crippen LogP contribution >= 0.6 is 11.6 Å². The number of carbonyl (C=O) groups excluding carboxylic acids is 1. The van der Waals surface area contributed by atoms with Crippen molar-refractivity contribution in [3.05, 3.63) is 81.7 Å². The van der Waals surface area contributed by atoms with Gasteiger partial charge in [-0.05, 0) is 69.9 Å². The summed E-state index contributed by atoms with van der Waals surface area (Å²) in [5.41, 5.74) is 1.27. The van der Waals surface area contributed by atoms with Crippen molar-refractivity contribution in [1.29, 1.82) is 0 Å². The van der Waals surface area contributed by atoms with Gasteiger partial charge in [-0.3, -0.25) is 9.59 Å². The standard InChI is InChI=1S/C30H36ClN5O5S/c1-21(2)42(39,40)35-17-15-34(16-18-35)27-20-32-36(25-10-6-9-23(31)19-25)30(38)28(27)41-26-13-11-24(12-14-26)33-29(37)22-7-4-3-5-8-22/h3-10,19-21,24,26H,11-18H2,1-2H3,(H,33,37). The molecular weight excluding hydrogens is 578 g/mol. The van der Waals surface area contributed by atoms with Gasteiger partial charge in [-0.1, -0.05) is 35.9 Å². The molecule has 0 atom stereocenters. The number of halogens is 1. The summed E-state index contributed by atoms with van der Waals surface area (Å²) in [6.07, 6.45) is 4.15. The van der Waals surface area contributed by atoms with E-state index in [1.54, 1.807) is 56.4 Å². The Morgan fingerprint density at radius 2 is 1.69 bits per heavy atom. The third-order valence-electron chi connectivity index (χ3n) is 7.83. The van der Waals surface area contributed by atoms with Crippen LogP contribution in [0.1, 0.15) is 49.9 Å². The van der Waals surface area contributed by atoms with Crippen LogP contribution in [0.3, 0.4) is 0 Å². The average molecular weight is 614 g/mol. The Kier molecular flexibility index (Phi) is 9.19. The highest BCUT2D eigenvalue weighted by molar-refractivity contribution is 7.89. The number of nitrogens with zero attached hydrogens (tertiary/aromatic N) is 4. The summed E-state index contributed by atoms with van der Waals surface area (Å²) in [7, 11) is -3.37. The first kappa shape index (κ1) is 30.1. The van der Waals surface area contributed by atoms with E-state index in [9.17, 15) is 18.0 Å². The van der Waals surface area contributed by atoms with E-state index in [4.69, 9.17) is 16.3 Å². The van der Waals surface area contributed by atoms with Gasteiger partial charge in [-0.2, -0.15) is 14.1 Å². The lowest BCUT2D eigenvalue weighted by atomic mass is 9.92. The van der Waals surface area contributed by atoms with Crippen LogP contribution in [-0.4, -0.2) is 72.0 Å². The fourth-order valence-corrected chi connectivity index (χ4v) is 6.84. The van der Waals surface area contributed by atoms with E-state index >= 15 is 0 Å². The number of sulfonamides is 1.